The highest BCUT2D eigenvalue weighted by atomic mass is 32.1. The first kappa shape index (κ1) is 10.1. The van der Waals surface area contributed by atoms with Gasteiger partial charge in [0.25, 0.3) is 0 Å². The topological polar surface area (TPSA) is 69.6 Å². The van der Waals surface area contributed by atoms with Crippen molar-refractivity contribution in [2.75, 3.05) is 5.73 Å². The van der Waals surface area contributed by atoms with Gasteiger partial charge in [-0.05, 0) is 27.8 Å². The maximum absolute atomic E-state index is 5.72. The minimum atomic E-state index is 0.125. The van der Waals surface area contributed by atoms with Gasteiger partial charge in [0.15, 0.2) is 0 Å². The second-order valence-corrected chi connectivity index (χ2v) is 4.67. The quantitative estimate of drug-likeness (QED) is 0.857. The number of tetrazole rings is 1. The maximum atomic E-state index is 5.72. The smallest absolute Gasteiger partial charge is 0.240 e. The van der Waals surface area contributed by atoms with Crippen LogP contribution in [0.3, 0.4) is 0 Å². The van der Waals surface area contributed by atoms with E-state index >= 15 is 0 Å². The molecular weight excluding hydrogens is 210 g/mol. The molecule has 0 saturated carbocycles. The Kier molecular flexibility index (Phi) is 2.68. The third kappa shape index (κ3) is 1.85. The molecule has 0 saturated heterocycles. The van der Waals surface area contributed by atoms with Gasteiger partial charge in [0, 0.05) is 4.88 Å². The molecule has 0 amide bonds. The van der Waals surface area contributed by atoms with Crippen molar-refractivity contribution in [3.8, 4) is 0 Å². The van der Waals surface area contributed by atoms with Crippen molar-refractivity contribution < 1.29 is 0 Å². The van der Waals surface area contributed by atoms with Crippen LogP contribution in [-0.4, -0.2) is 20.2 Å². The number of nitrogens with two attached hydrogens (primary N) is 1. The third-order valence-electron chi connectivity index (χ3n) is 2.25. The highest BCUT2D eigenvalue weighted by Crippen LogP contribution is 2.30. The largest absolute Gasteiger partial charge is 0.367 e. The molecule has 1 atom stereocenters. The van der Waals surface area contributed by atoms with Crippen LogP contribution < -0.4 is 5.73 Å². The number of nitrogen functional groups attached to an aromatic ring is 1. The molecule has 80 valence electrons. The molecule has 2 aromatic heterocycles. The Morgan fingerprint density at radius 1 is 1.47 bits per heavy atom. The molecule has 0 spiro atoms. The molecule has 2 N–H and O–H groups in total. The van der Waals surface area contributed by atoms with E-state index in [0.29, 0.717) is 11.9 Å². The molecule has 15 heavy (non-hydrogen) atoms. The first-order valence-corrected chi connectivity index (χ1v) is 5.65. The van der Waals surface area contributed by atoms with E-state index in [4.69, 9.17) is 5.73 Å². The number of aromatic nitrogens is 4. The van der Waals surface area contributed by atoms with Crippen LogP contribution in [0.2, 0.25) is 0 Å². The number of thiophene rings is 1. The molecule has 0 radical (unpaired) electrons. The summed E-state index contributed by atoms with van der Waals surface area (Å²) in [6.07, 6.45) is 0. The predicted octanol–water partition coefficient (Wildman–Crippen LogP) is 1.56. The van der Waals surface area contributed by atoms with Crippen molar-refractivity contribution in [1.82, 2.24) is 20.2 Å². The first-order chi connectivity index (χ1) is 7.20. The molecule has 5 nitrogen and oxygen atoms in total. The molecule has 2 aromatic rings. The van der Waals surface area contributed by atoms with Gasteiger partial charge in [-0.3, -0.25) is 0 Å². The van der Waals surface area contributed by atoms with Crippen LogP contribution in [0, 0.1) is 5.92 Å². The Labute approximate surface area is 91.9 Å². The molecule has 0 aliphatic heterocycles. The second kappa shape index (κ2) is 3.98. The lowest BCUT2D eigenvalue weighted by Crippen LogP contribution is -2.19. The Bertz CT molecular complexity index is 419. The molecule has 0 aliphatic carbocycles. The fraction of sp³-hybridized carbons (Fsp3) is 0.444. The number of rotatable bonds is 3. The van der Waals surface area contributed by atoms with Crippen molar-refractivity contribution in [3.63, 3.8) is 0 Å². The fourth-order valence-electron chi connectivity index (χ4n) is 1.59. The van der Waals surface area contributed by atoms with Crippen LogP contribution in [0.25, 0.3) is 0 Å². The van der Waals surface area contributed by atoms with E-state index in [2.05, 4.69) is 35.4 Å². The SMILES string of the molecule is CC(C)C(c1cccs1)n1nnnc1N. The average molecular weight is 223 g/mol. The van der Waals surface area contributed by atoms with Gasteiger partial charge in [-0.2, -0.15) is 0 Å². The highest BCUT2D eigenvalue weighted by molar-refractivity contribution is 7.10. The zero-order valence-corrected chi connectivity index (χ0v) is 9.48. The Morgan fingerprint density at radius 3 is 2.73 bits per heavy atom. The van der Waals surface area contributed by atoms with E-state index in [1.54, 1.807) is 16.0 Å². The normalized spacial score (nSPS) is 13.3. The van der Waals surface area contributed by atoms with E-state index in [-0.39, 0.29) is 6.04 Å². The van der Waals surface area contributed by atoms with Crippen LogP contribution in [0.1, 0.15) is 24.8 Å². The van der Waals surface area contributed by atoms with Crippen molar-refractivity contribution in [2.24, 2.45) is 5.92 Å². The summed E-state index contributed by atoms with van der Waals surface area (Å²) >= 11 is 1.69. The number of nitrogens with zero attached hydrogens (tertiary/aromatic N) is 4. The van der Waals surface area contributed by atoms with Crippen LogP contribution in [-0.2, 0) is 0 Å². The van der Waals surface area contributed by atoms with Gasteiger partial charge in [0.1, 0.15) is 0 Å². The van der Waals surface area contributed by atoms with Gasteiger partial charge in [-0.15, -0.1) is 11.3 Å². The minimum Gasteiger partial charge on any atom is -0.367 e. The van der Waals surface area contributed by atoms with Gasteiger partial charge < -0.3 is 5.73 Å². The minimum absolute atomic E-state index is 0.125. The van der Waals surface area contributed by atoms with Crippen molar-refractivity contribution in [2.45, 2.75) is 19.9 Å². The summed E-state index contributed by atoms with van der Waals surface area (Å²) in [4.78, 5) is 1.23. The van der Waals surface area contributed by atoms with Crippen molar-refractivity contribution >= 4 is 17.3 Å². The molecular formula is C9H13N5S. The zero-order valence-electron chi connectivity index (χ0n) is 8.66. The molecule has 6 heteroatoms. The summed E-state index contributed by atoms with van der Waals surface area (Å²) in [5.74, 6) is 0.761. The summed E-state index contributed by atoms with van der Waals surface area (Å²) < 4.78 is 1.68. The number of hydrogen-bond donors (Lipinski definition) is 1. The Hall–Kier alpha value is -1.43. The highest BCUT2D eigenvalue weighted by Gasteiger charge is 2.22. The number of hydrogen-bond acceptors (Lipinski definition) is 5. The lowest BCUT2D eigenvalue weighted by atomic mass is 10.0. The second-order valence-electron chi connectivity index (χ2n) is 3.69. The van der Waals surface area contributed by atoms with Crippen LogP contribution >= 0.6 is 11.3 Å². The summed E-state index contributed by atoms with van der Waals surface area (Å²) in [6.45, 7) is 4.26. The van der Waals surface area contributed by atoms with E-state index in [1.807, 2.05) is 11.4 Å². The lowest BCUT2D eigenvalue weighted by Gasteiger charge is -2.19. The summed E-state index contributed by atoms with van der Waals surface area (Å²) in [6, 6.07) is 4.23. The van der Waals surface area contributed by atoms with Gasteiger partial charge in [0.05, 0.1) is 6.04 Å². The molecule has 0 aliphatic rings. The van der Waals surface area contributed by atoms with Crippen molar-refractivity contribution in [1.29, 1.82) is 0 Å². The molecule has 2 rings (SSSR count). The van der Waals surface area contributed by atoms with Gasteiger partial charge in [0.2, 0.25) is 5.95 Å². The van der Waals surface area contributed by atoms with E-state index in [1.165, 1.54) is 4.88 Å². The van der Waals surface area contributed by atoms with Crippen LogP contribution in [0.15, 0.2) is 17.5 Å². The first-order valence-electron chi connectivity index (χ1n) is 4.77. The maximum Gasteiger partial charge on any atom is 0.240 e. The Morgan fingerprint density at radius 2 is 2.27 bits per heavy atom. The average Bonchev–Trinajstić information content (AvgIpc) is 2.79. The molecule has 0 fully saturated rings. The van der Waals surface area contributed by atoms with Crippen molar-refractivity contribution in [3.05, 3.63) is 22.4 Å². The summed E-state index contributed by atoms with van der Waals surface area (Å²) in [5.41, 5.74) is 5.72. The van der Waals surface area contributed by atoms with E-state index in [9.17, 15) is 0 Å². The molecule has 2 heterocycles. The molecule has 0 bridgehead atoms. The zero-order chi connectivity index (χ0) is 10.8. The summed E-state index contributed by atoms with van der Waals surface area (Å²) in [7, 11) is 0. The van der Waals surface area contributed by atoms with Crippen LogP contribution in [0.4, 0.5) is 5.95 Å². The van der Waals surface area contributed by atoms with Gasteiger partial charge in [-0.1, -0.05) is 25.0 Å². The van der Waals surface area contributed by atoms with Gasteiger partial charge in [-0.25, -0.2) is 4.68 Å². The molecule has 1 unspecified atom stereocenters. The fourth-order valence-corrected chi connectivity index (χ4v) is 2.57. The molecule has 0 aromatic carbocycles. The lowest BCUT2D eigenvalue weighted by molar-refractivity contribution is 0.404. The van der Waals surface area contributed by atoms with E-state index in [0.717, 1.165) is 0 Å². The predicted molar refractivity (Wildman–Crippen MR) is 59.5 cm³/mol. The number of anilines is 1. The summed E-state index contributed by atoms with van der Waals surface area (Å²) in [5, 5.41) is 13.3. The van der Waals surface area contributed by atoms with Crippen LogP contribution in [0.5, 0.6) is 0 Å². The van der Waals surface area contributed by atoms with E-state index < -0.39 is 0 Å². The third-order valence-corrected chi connectivity index (χ3v) is 3.19. The standard InChI is InChI=1S/C9H13N5S/c1-6(2)8(7-4-3-5-15-7)14-9(10)11-12-13-14/h3-6,8H,1-2H3,(H2,10,11,13). The monoisotopic (exact) mass is 223 g/mol. The Balaban J connectivity index is 2.41. The van der Waals surface area contributed by atoms with Gasteiger partial charge >= 0.3 is 0 Å².